The van der Waals surface area contributed by atoms with E-state index < -0.39 is 9.53 Å². The van der Waals surface area contributed by atoms with Crippen LogP contribution < -0.4 is 0 Å². The fourth-order valence-electron chi connectivity index (χ4n) is 2.67. The maximum atomic E-state index is 5.82. The van der Waals surface area contributed by atoms with E-state index in [9.17, 15) is 0 Å². The summed E-state index contributed by atoms with van der Waals surface area (Å²) in [6, 6.07) is 0. The molecule has 2 aliphatic rings. The molecule has 0 amide bonds. The maximum Gasteiger partial charge on any atom is 0.483 e. The summed E-state index contributed by atoms with van der Waals surface area (Å²) in [7, 11) is 1.46. The fraction of sp³-hybridized carbons (Fsp3) is 1.00. The van der Waals surface area contributed by atoms with E-state index in [0.717, 1.165) is 19.4 Å². The van der Waals surface area contributed by atoms with E-state index in [0.29, 0.717) is 6.10 Å². The van der Waals surface area contributed by atoms with Gasteiger partial charge >= 0.3 is 9.53 Å². The molecule has 2 rings (SSSR count). The van der Waals surface area contributed by atoms with Crippen LogP contribution in [0.4, 0.5) is 0 Å². The zero-order valence-corrected chi connectivity index (χ0v) is 11.4. The minimum absolute atomic E-state index is 0.235. The number of ether oxygens (including phenoxy) is 1. The molecule has 4 nitrogen and oxygen atoms in total. The van der Waals surface area contributed by atoms with E-state index in [4.69, 9.17) is 18.0 Å². The minimum atomic E-state index is -1.82. The van der Waals surface area contributed by atoms with Gasteiger partial charge in [-0.2, -0.15) is 0 Å². The molecule has 1 aliphatic heterocycles. The molecule has 0 aromatic rings. The van der Waals surface area contributed by atoms with Gasteiger partial charge in [-0.25, -0.2) is 0 Å². The Morgan fingerprint density at radius 2 is 2.12 bits per heavy atom. The second kappa shape index (κ2) is 5.60. The standard InChI is InChI=1S/C11H22O4Si/c1-12-16(13-2)14-9-5-8-11-7-4-3-6-10(11)15-11/h10,16H,3-9H2,1-2H3. The van der Waals surface area contributed by atoms with Gasteiger partial charge in [0.1, 0.15) is 0 Å². The Labute approximate surface area is 99.2 Å². The van der Waals surface area contributed by atoms with Crippen molar-refractivity contribution in [3.05, 3.63) is 0 Å². The molecule has 0 aromatic heterocycles. The molecule has 2 atom stereocenters. The third kappa shape index (κ3) is 2.84. The molecule has 1 aliphatic carbocycles. The number of fused-ring (bicyclic) bond motifs is 1. The first kappa shape index (κ1) is 12.5. The Morgan fingerprint density at radius 1 is 1.31 bits per heavy atom. The lowest BCUT2D eigenvalue weighted by molar-refractivity contribution is 0.128. The van der Waals surface area contributed by atoms with Crippen LogP contribution in [0.1, 0.15) is 38.5 Å². The van der Waals surface area contributed by atoms with Crippen molar-refractivity contribution in [2.24, 2.45) is 0 Å². The van der Waals surface area contributed by atoms with Gasteiger partial charge in [0.25, 0.3) is 0 Å². The van der Waals surface area contributed by atoms with Crippen LogP contribution in [0.25, 0.3) is 0 Å². The zero-order valence-electron chi connectivity index (χ0n) is 10.2. The third-order valence-corrected chi connectivity index (χ3v) is 4.88. The molecule has 16 heavy (non-hydrogen) atoms. The van der Waals surface area contributed by atoms with Crippen molar-refractivity contribution < 1.29 is 18.0 Å². The Bertz CT molecular complexity index is 222. The highest BCUT2D eigenvalue weighted by Gasteiger charge is 2.56. The van der Waals surface area contributed by atoms with E-state index in [-0.39, 0.29) is 5.60 Å². The average Bonchev–Trinajstić information content (AvgIpc) is 3.04. The van der Waals surface area contributed by atoms with E-state index in [1.54, 1.807) is 14.2 Å². The molecule has 1 heterocycles. The van der Waals surface area contributed by atoms with Crippen molar-refractivity contribution in [1.29, 1.82) is 0 Å². The average molecular weight is 246 g/mol. The molecule has 2 unspecified atom stereocenters. The van der Waals surface area contributed by atoms with Gasteiger partial charge in [0.05, 0.1) is 11.7 Å². The van der Waals surface area contributed by atoms with Crippen molar-refractivity contribution in [3.63, 3.8) is 0 Å². The van der Waals surface area contributed by atoms with Crippen LogP contribution in [-0.4, -0.2) is 42.1 Å². The Hall–Kier alpha value is 0.0569. The van der Waals surface area contributed by atoms with E-state index in [2.05, 4.69) is 0 Å². The lowest BCUT2D eigenvalue weighted by atomic mass is 9.86. The normalized spacial score (nSPS) is 32.8. The molecule has 5 heteroatoms. The lowest BCUT2D eigenvalue weighted by Crippen LogP contribution is -2.25. The SMILES string of the molecule is CO[SiH](OC)OCCCC12CCCCC1O2. The summed E-state index contributed by atoms with van der Waals surface area (Å²) in [5.74, 6) is 0. The second-order valence-corrected chi connectivity index (χ2v) is 6.50. The Kier molecular flexibility index (Phi) is 4.38. The zero-order chi connectivity index (χ0) is 11.4. The van der Waals surface area contributed by atoms with Crippen molar-refractivity contribution in [2.45, 2.75) is 50.2 Å². The number of epoxide rings is 1. The van der Waals surface area contributed by atoms with Crippen molar-refractivity contribution in [2.75, 3.05) is 20.8 Å². The molecule has 0 N–H and O–H groups in total. The van der Waals surface area contributed by atoms with E-state index in [1.165, 1.54) is 25.7 Å². The summed E-state index contributed by atoms with van der Waals surface area (Å²) in [5.41, 5.74) is 0.235. The van der Waals surface area contributed by atoms with Crippen molar-refractivity contribution >= 4 is 9.53 Å². The highest BCUT2D eigenvalue weighted by Crippen LogP contribution is 2.50. The van der Waals surface area contributed by atoms with Crippen LogP contribution in [-0.2, 0) is 18.0 Å². The molecule has 94 valence electrons. The summed E-state index contributed by atoms with van der Waals surface area (Å²) in [6.45, 7) is 0.733. The second-order valence-electron chi connectivity index (χ2n) is 4.65. The first-order valence-corrected chi connectivity index (χ1v) is 7.57. The predicted molar refractivity (Wildman–Crippen MR) is 62.4 cm³/mol. The van der Waals surface area contributed by atoms with Crippen LogP contribution >= 0.6 is 0 Å². The van der Waals surface area contributed by atoms with Gasteiger partial charge in [-0.3, -0.25) is 0 Å². The van der Waals surface area contributed by atoms with Crippen LogP contribution in [0, 0.1) is 0 Å². The summed E-state index contributed by atoms with van der Waals surface area (Å²) in [4.78, 5) is 0. The minimum Gasteiger partial charge on any atom is -0.379 e. The van der Waals surface area contributed by atoms with E-state index in [1.807, 2.05) is 0 Å². The molecular weight excluding hydrogens is 224 g/mol. The first-order chi connectivity index (χ1) is 7.80. The molecular formula is C11H22O4Si. The summed E-state index contributed by atoms with van der Waals surface area (Å²) < 4.78 is 21.5. The number of rotatable bonds is 7. The molecule has 0 radical (unpaired) electrons. The molecule has 0 aromatic carbocycles. The topological polar surface area (TPSA) is 40.2 Å². The summed E-state index contributed by atoms with van der Waals surface area (Å²) in [6.07, 6.45) is 7.90. The maximum absolute atomic E-state index is 5.82. The Morgan fingerprint density at radius 3 is 2.81 bits per heavy atom. The Balaban J connectivity index is 1.58. The first-order valence-electron chi connectivity index (χ1n) is 6.16. The molecule has 0 spiro atoms. The monoisotopic (exact) mass is 246 g/mol. The number of hydrogen-bond acceptors (Lipinski definition) is 4. The predicted octanol–water partition coefficient (Wildman–Crippen LogP) is 1.50. The van der Waals surface area contributed by atoms with Crippen molar-refractivity contribution in [3.8, 4) is 0 Å². The highest BCUT2D eigenvalue weighted by molar-refractivity contribution is 6.36. The van der Waals surface area contributed by atoms with Gasteiger partial charge in [-0.1, -0.05) is 12.8 Å². The third-order valence-electron chi connectivity index (χ3n) is 3.61. The quantitative estimate of drug-likeness (QED) is 0.388. The number of hydrogen-bond donors (Lipinski definition) is 0. The largest absolute Gasteiger partial charge is 0.483 e. The molecule has 1 saturated carbocycles. The van der Waals surface area contributed by atoms with Crippen LogP contribution in [0.5, 0.6) is 0 Å². The van der Waals surface area contributed by atoms with E-state index >= 15 is 0 Å². The van der Waals surface area contributed by atoms with Gasteiger partial charge in [0.2, 0.25) is 0 Å². The van der Waals surface area contributed by atoms with Gasteiger partial charge in [-0.05, 0) is 25.7 Å². The highest BCUT2D eigenvalue weighted by atomic mass is 28.3. The van der Waals surface area contributed by atoms with Crippen LogP contribution in [0.2, 0.25) is 0 Å². The lowest BCUT2D eigenvalue weighted by Gasteiger charge is -2.17. The van der Waals surface area contributed by atoms with Gasteiger partial charge < -0.3 is 18.0 Å². The van der Waals surface area contributed by atoms with Gasteiger partial charge in [0.15, 0.2) is 0 Å². The molecule has 0 bridgehead atoms. The van der Waals surface area contributed by atoms with Gasteiger partial charge in [-0.15, -0.1) is 0 Å². The van der Waals surface area contributed by atoms with Crippen LogP contribution in [0.3, 0.4) is 0 Å². The smallest absolute Gasteiger partial charge is 0.379 e. The van der Waals surface area contributed by atoms with Crippen molar-refractivity contribution in [1.82, 2.24) is 0 Å². The molecule has 1 saturated heterocycles. The molecule has 2 fully saturated rings. The van der Waals surface area contributed by atoms with Gasteiger partial charge in [0, 0.05) is 20.8 Å². The fourth-order valence-corrected chi connectivity index (χ4v) is 3.50. The summed E-state index contributed by atoms with van der Waals surface area (Å²) >= 11 is 0. The van der Waals surface area contributed by atoms with Crippen LogP contribution in [0.15, 0.2) is 0 Å². The summed E-state index contributed by atoms with van der Waals surface area (Å²) in [5, 5.41) is 0.